The summed E-state index contributed by atoms with van der Waals surface area (Å²) in [5, 5.41) is 13.3. The number of hydrogen-bond donors (Lipinski definition) is 2. The van der Waals surface area contributed by atoms with Crippen molar-refractivity contribution >= 4 is 34.8 Å². The van der Waals surface area contributed by atoms with Crippen molar-refractivity contribution in [2.45, 2.75) is 6.92 Å². The topological polar surface area (TPSA) is 49.3 Å². The fraction of sp³-hybridized carbons (Fsp3) is 0.0714. The standard InChI is InChI=1S/C14H11Cl2NO2/c1-8-2-4-10(7-12(8)16)17-14(19)11-5-3-9(15)6-13(11)18/h2-7,18H,1H3,(H,17,19). The van der Waals surface area contributed by atoms with E-state index < -0.39 is 5.91 Å². The van der Waals surface area contributed by atoms with Gasteiger partial charge in [-0.25, -0.2) is 0 Å². The number of amides is 1. The molecular formula is C14H11Cl2NO2. The number of benzene rings is 2. The molecule has 2 N–H and O–H groups in total. The maximum Gasteiger partial charge on any atom is 0.259 e. The number of nitrogens with one attached hydrogen (secondary N) is 1. The molecule has 2 aromatic rings. The van der Waals surface area contributed by atoms with Crippen molar-refractivity contribution in [2.75, 3.05) is 5.32 Å². The van der Waals surface area contributed by atoms with Crippen LogP contribution in [-0.4, -0.2) is 11.0 Å². The van der Waals surface area contributed by atoms with Gasteiger partial charge in [-0.2, -0.15) is 0 Å². The van der Waals surface area contributed by atoms with Crippen LogP contribution in [0.25, 0.3) is 0 Å². The zero-order valence-electron chi connectivity index (χ0n) is 10.1. The number of aromatic hydroxyl groups is 1. The molecule has 0 atom stereocenters. The van der Waals surface area contributed by atoms with Crippen LogP contribution in [0, 0.1) is 6.92 Å². The van der Waals surface area contributed by atoms with E-state index in [0.717, 1.165) is 5.56 Å². The van der Waals surface area contributed by atoms with E-state index in [9.17, 15) is 9.90 Å². The van der Waals surface area contributed by atoms with Crippen LogP contribution < -0.4 is 5.32 Å². The highest BCUT2D eigenvalue weighted by Crippen LogP contribution is 2.24. The monoisotopic (exact) mass is 295 g/mol. The van der Waals surface area contributed by atoms with Crippen LogP contribution in [0.3, 0.4) is 0 Å². The summed E-state index contributed by atoms with van der Waals surface area (Å²) < 4.78 is 0. The second kappa shape index (κ2) is 5.51. The molecule has 1 amide bonds. The number of carbonyl (C=O) groups excluding carboxylic acids is 1. The summed E-state index contributed by atoms with van der Waals surface area (Å²) in [6, 6.07) is 9.52. The molecule has 0 radical (unpaired) electrons. The van der Waals surface area contributed by atoms with E-state index in [4.69, 9.17) is 23.2 Å². The van der Waals surface area contributed by atoms with Crippen LogP contribution in [0.5, 0.6) is 5.75 Å². The summed E-state index contributed by atoms with van der Waals surface area (Å²) in [6.07, 6.45) is 0. The molecule has 2 rings (SSSR count). The number of carbonyl (C=O) groups is 1. The summed E-state index contributed by atoms with van der Waals surface area (Å²) in [4.78, 5) is 12.0. The van der Waals surface area contributed by atoms with Gasteiger partial charge in [0.15, 0.2) is 0 Å². The Morgan fingerprint density at radius 1 is 1.16 bits per heavy atom. The van der Waals surface area contributed by atoms with Gasteiger partial charge in [0.2, 0.25) is 0 Å². The van der Waals surface area contributed by atoms with Gasteiger partial charge in [0, 0.05) is 15.7 Å². The zero-order chi connectivity index (χ0) is 14.0. The maximum absolute atomic E-state index is 12.0. The summed E-state index contributed by atoms with van der Waals surface area (Å²) in [5.74, 6) is -0.586. The van der Waals surface area contributed by atoms with Gasteiger partial charge in [0.05, 0.1) is 5.56 Å². The maximum atomic E-state index is 12.0. The fourth-order valence-electron chi connectivity index (χ4n) is 1.57. The summed E-state index contributed by atoms with van der Waals surface area (Å²) >= 11 is 11.7. The molecule has 19 heavy (non-hydrogen) atoms. The first-order valence-corrected chi connectivity index (χ1v) is 6.29. The molecule has 0 aliphatic heterocycles. The van der Waals surface area contributed by atoms with E-state index in [0.29, 0.717) is 15.7 Å². The Morgan fingerprint density at radius 2 is 1.89 bits per heavy atom. The third kappa shape index (κ3) is 3.19. The molecule has 0 aliphatic rings. The molecule has 0 saturated heterocycles. The molecular weight excluding hydrogens is 285 g/mol. The van der Waals surface area contributed by atoms with Gasteiger partial charge in [0.1, 0.15) is 5.75 Å². The van der Waals surface area contributed by atoms with Crippen LogP contribution >= 0.6 is 23.2 Å². The van der Waals surface area contributed by atoms with Crippen LogP contribution in [0.4, 0.5) is 5.69 Å². The first-order chi connectivity index (χ1) is 8.97. The predicted molar refractivity (Wildman–Crippen MR) is 77.3 cm³/mol. The smallest absolute Gasteiger partial charge is 0.259 e. The number of rotatable bonds is 2. The first kappa shape index (κ1) is 13.7. The Bertz CT molecular complexity index is 641. The molecule has 5 heteroatoms. The number of phenols is 1. The fourth-order valence-corrected chi connectivity index (χ4v) is 1.91. The highest BCUT2D eigenvalue weighted by molar-refractivity contribution is 6.32. The van der Waals surface area contributed by atoms with E-state index >= 15 is 0 Å². The lowest BCUT2D eigenvalue weighted by atomic mass is 10.1. The second-order valence-corrected chi connectivity index (χ2v) is 4.92. The molecule has 0 aliphatic carbocycles. The Morgan fingerprint density at radius 3 is 2.53 bits per heavy atom. The van der Waals surface area contributed by atoms with Crippen LogP contribution in [-0.2, 0) is 0 Å². The molecule has 3 nitrogen and oxygen atoms in total. The summed E-state index contributed by atoms with van der Waals surface area (Å²) in [7, 11) is 0. The van der Waals surface area contributed by atoms with Crippen LogP contribution in [0.1, 0.15) is 15.9 Å². The minimum atomic E-state index is -0.422. The van der Waals surface area contributed by atoms with E-state index in [1.54, 1.807) is 18.2 Å². The Labute approximate surface area is 120 Å². The average molecular weight is 296 g/mol. The Hall–Kier alpha value is -1.71. The van der Waals surface area contributed by atoms with Gasteiger partial charge >= 0.3 is 0 Å². The quantitative estimate of drug-likeness (QED) is 0.870. The van der Waals surface area contributed by atoms with Gasteiger partial charge < -0.3 is 10.4 Å². The lowest BCUT2D eigenvalue weighted by Gasteiger charge is -2.08. The van der Waals surface area contributed by atoms with Crippen molar-refractivity contribution in [3.8, 4) is 5.75 Å². The number of aryl methyl sites for hydroxylation is 1. The molecule has 0 heterocycles. The zero-order valence-corrected chi connectivity index (χ0v) is 11.6. The van der Waals surface area contributed by atoms with Crippen molar-refractivity contribution in [3.05, 3.63) is 57.6 Å². The average Bonchev–Trinajstić information content (AvgIpc) is 2.33. The number of hydrogen-bond acceptors (Lipinski definition) is 2. The molecule has 2 aromatic carbocycles. The van der Waals surface area contributed by atoms with E-state index in [1.807, 2.05) is 6.92 Å². The molecule has 98 valence electrons. The van der Waals surface area contributed by atoms with E-state index in [-0.39, 0.29) is 11.3 Å². The predicted octanol–water partition coefficient (Wildman–Crippen LogP) is 4.26. The highest BCUT2D eigenvalue weighted by Gasteiger charge is 2.12. The minimum absolute atomic E-state index is 0.154. The Kier molecular flexibility index (Phi) is 3.98. The van der Waals surface area contributed by atoms with Gasteiger partial charge in [0.25, 0.3) is 5.91 Å². The van der Waals surface area contributed by atoms with Gasteiger partial charge in [-0.15, -0.1) is 0 Å². The normalized spacial score (nSPS) is 10.3. The molecule has 0 bridgehead atoms. The molecule has 0 fully saturated rings. The van der Waals surface area contributed by atoms with Crippen molar-refractivity contribution in [1.29, 1.82) is 0 Å². The van der Waals surface area contributed by atoms with Crippen molar-refractivity contribution in [2.24, 2.45) is 0 Å². The summed E-state index contributed by atoms with van der Waals surface area (Å²) in [5.41, 5.74) is 1.64. The van der Waals surface area contributed by atoms with Gasteiger partial charge in [-0.3, -0.25) is 4.79 Å². The minimum Gasteiger partial charge on any atom is -0.507 e. The van der Waals surface area contributed by atoms with Crippen molar-refractivity contribution in [3.63, 3.8) is 0 Å². The largest absolute Gasteiger partial charge is 0.507 e. The van der Waals surface area contributed by atoms with E-state index in [1.165, 1.54) is 18.2 Å². The van der Waals surface area contributed by atoms with E-state index in [2.05, 4.69) is 5.32 Å². The van der Waals surface area contributed by atoms with Crippen LogP contribution in [0.15, 0.2) is 36.4 Å². The lowest BCUT2D eigenvalue weighted by Crippen LogP contribution is -2.12. The SMILES string of the molecule is Cc1ccc(NC(=O)c2ccc(Cl)cc2O)cc1Cl. The molecule has 0 unspecified atom stereocenters. The van der Waals surface area contributed by atoms with Crippen molar-refractivity contribution in [1.82, 2.24) is 0 Å². The number of halogens is 2. The van der Waals surface area contributed by atoms with Crippen LogP contribution in [0.2, 0.25) is 10.0 Å². The highest BCUT2D eigenvalue weighted by atomic mass is 35.5. The van der Waals surface area contributed by atoms with Crippen molar-refractivity contribution < 1.29 is 9.90 Å². The number of anilines is 1. The Balaban J connectivity index is 2.23. The van der Waals surface area contributed by atoms with Gasteiger partial charge in [-0.1, -0.05) is 29.3 Å². The number of phenolic OH excluding ortho intramolecular Hbond substituents is 1. The lowest BCUT2D eigenvalue weighted by molar-refractivity contribution is 0.102. The molecule has 0 saturated carbocycles. The second-order valence-electron chi connectivity index (χ2n) is 4.08. The third-order valence-corrected chi connectivity index (χ3v) is 3.28. The van der Waals surface area contributed by atoms with Gasteiger partial charge in [-0.05, 0) is 42.8 Å². The molecule has 0 aromatic heterocycles. The third-order valence-electron chi connectivity index (χ3n) is 2.63. The molecule has 0 spiro atoms. The summed E-state index contributed by atoms with van der Waals surface area (Å²) in [6.45, 7) is 1.87. The first-order valence-electron chi connectivity index (χ1n) is 5.53.